The molecular formula is C9H16F3NO2. The molecule has 0 aromatic rings. The minimum Gasteiger partial charge on any atom is -0.376 e. The molecule has 15 heavy (non-hydrogen) atoms. The number of alkyl halides is 3. The van der Waals surface area contributed by atoms with Gasteiger partial charge in [0, 0.05) is 13.1 Å². The molecule has 0 atom stereocenters. The number of hydrogen-bond acceptors (Lipinski definition) is 3. The second-order valence-corrected chi connectivity index (χ2v) is 3.05. The summed E-state index contributed by atoms with van der Waals surface area (Å²) in [5.41, 5.74) is 0.912. The lowest BCUT2D eigenvalue weighted by atomic mass is 10.4. The molecule has 1 N–H and O–H groups in total. The van der Waals surface area contributed by atoms with Crippen LogP contribution in [0.15, 0.2) is 12.2 Å². The van der Waals surface area contributed by atoms with E-state index in [0.29, 0.717) is 19.8 Å². The van der Waals surface area contributed by atoms with Crippen LogP contribution in [0.3, 0.4) is 0 Å². The van der Waals surface area contributed by atoms with Crippen LogP contribution in [0.2, 0.25) is 0 Å². The minimum absolute atomic E-state index is 0.149. The molecular weight excluding hydrogens is 211 g/mol. The smallest absolute Gasteiger partial charge is 0.376 e. The van der Waals surface area contributed by atoms with Gasteiger partial charge in [0.05, 0.1) is 19.8 Å². The largest absolute Gasteiger partial charge is 0.522 e. The van der Waals surface area contributed by atoms with Crippen LogP contribution in [-0.2, 0) is 9.47 Å². The van der Waals surface area contributed by atoms with Crippen LogP contribution in [0, 0.1) is 0 Å². The topological polar surface area (TPSA) is 30.5 Å². The molecule has 0 aliphatic rings. The standard InChI is InChI=1S/C9H16F3NO2/c1-8(2)7-14-5-3-13-4-6-15-9(10,11)12/h13H,1,3-7H2,2H3. The SMILES string of the molecule is C=C(C)COCCNCCOC(F)(F)F. The van der Waals surface area contributed by atoms with Gasteiger partial charge in [0.15, 0.2) is 0 Å². The molecule has 0 saturated heterocycles. The lowest BCUT2D eigenvalue weighted by Gasteiger charge is -2.08. The first-order valence-corrected chi connectivity index (χ1v) is 4.55. The third-order valence-electron chi connectivity index (χ3n) is 1.32. The molecule has 0 amide bonds. The fourth-order valence-corrected chi connectivity index (χ4v) is 0.755. The van der Waals surface area contributed by atoms with Gasteiger partial charge in [0.2, 0.25) is 0 Å². The summed E-state index contributed by atoms with van der Waals surface area (Å²) >= 11 is 0. The summed E-state index contributed by atoms with van der Waals surface area (Å²) in [5, 5.41) is 2.75. The molecule has 0 spiro atoms. The van der Waals surface area contributed by atoms with Crippen molar-refractivity contribution in [2.24, 2.45) is 0 Å². The molecule has 0 rings (SSSR count). The fourth-order valence-electron chi connectivity index (χ4n) is 0.755. The summed E-state index contributed by atoms with van der Waals surface area (Å²) in [5.74, 6) is 0. The minimum atomic E-state index is -4.54. The van der Waals surface area contributed by atoms with Crippen molar-refractivity contribution in [1.82, 2.24) is 5.32 Å². The van der Waals surface area contributed by atoms with Gasteiger partial charge in [-0.15, -0.1) is 13.2 Å². The maximum absolute atomic E-state index is 11.5. The van der Waals surface area contributed by atoms with Gasteiger partial charge < -0.3 is 10.1 Å². The summed E-state index contributed by atoms with van der Waals surface area (Å²) in [6.45, 7) is 6.65. The van der Waals surface area contributed by atoms with E-state index in [1.807, 2.05) is 6.92 Å². The summed E-state index contributed by atoms with van der Waals surface area (Å²) < 4.78 is 43.1. The van der Waals surface area contributed by atoms with Crippen LogP contribution in [0.5, 0.6) is 0 Å². The normalized spacial score (nSPS) is 11.7. The molecule has 0 heterocycles. The third kappa shape index (κ3) is 13.4. The molecule has 3 nitrogen and oxygen atoms in total. The average molecular weight is 227 g/mol. The maximum atomic E-state index is 11.5. The highest BCUT2D eigenvalue weighted by molar-refractivity contribution is 4.87. The molecule has 6 heteroatoms. The molecule has 0 aromatic heterocycles. The van der Waals surface area contributed by atoms with E-state index in [-0.39, 0.29) is 13.2 Å². The Morgan fingerprint density at radius 2 is 1.87 bits per heavy atom. The van der Waals surface area contributed by atoms with Crippen LogP contribution in [0.25, 0.3) is 0 Å². The number of halogens is 3. The predicted molar refractivity (Wildman–Crippen MR) is 50.5 cm³/mol. The summed E-state index contributed by atoms with van der Waals surface area (Å²) in [4.78, 5) is 0. The Balaban J connectivity index is 3.09. The summed E-state index contributed by atoms with van der Waals surface area (Å²) in [6.07, 6.45) is -4.54. The van der Waals surface area contributed by atoms with E-state index < -0.39 is 6.36 Å². The van der Waals surface area contributed by atoms with E-state index in [2.05, 4.69) is 16.6 Å². The van der Waals surface area contributed by atoms with Crippen molar-refractivity contribution in [3.05, 3.63) is 12.2 Å². The van der Waals surface area contributed by atoms with Gasteiger partial charge in [-0.2, -0.15) is 0 Å². The third-order valence-corrected chi connectivity index (χ3v) is 1.32. The number of ether oxygens (including phenoxy) is 2. The van der Waals surface area contributed by atoms with E-state index in [0.717, 1.165) is 5.57 Å². The highest BCUT2D eigenvalue weighted by Gasteiger charge is 2.28. The van der Waals surface area contributed by atoms with Crippen LogP contribution >= 0.6 is 0 Å². The van der Waals surface area contributed by atoms with E-state index in [1.54, 1.807) is 0 Å². The average Bonchev–Trinajstić information content (AvgIpc) is 2.07. The van der Waals surface area contributed by atoms with Crippen LogP contribution in [0.4, 0.5) is 13.2 Å². The zero-order chi connectivity index (χ0) is 11.7. The van der Waals surface area contributed by atoms with E-state index in [9.17, 15) is 13.2 Å². The highest BCUT2D eigenvalue weighted by Crippen LogP contribution is 2.14. The van der Waals surface area contributed by atoms with Crippen molar-refractivity contribution in [1.29, 1.82) is 0 Å². The van der Waals surface area contributed by atoms with E-state index in [1.165, 1.54) is 0 Å². The van der Waals surface area contributed by atoms with Crippen molar-refractivity contribution in [2.45, 2.75) is 13.3 Å². The Bertz CT molecular complexity index is 183. The van der Waals surface area contributed by atoms with Gasteiger partial charge in [-0.1, -0.05) is 12.2 Å². The molecule has 90 valence electrons. The van der Waals surface area contributed by atoms with Gasteiger partial charge >= 0.3 is 6.36 Å². The first-order valence-electron chi connectivity index (χ1n) is 4.55. The molecule has 0 fully saturated rings. The van der Waals surface area contributed by atoms with E-state index >= 15 is 0 Å². The van der Waals surface area contributed by atoms with Crippen molar-refractivity contribution in [2.75, 3.05) is 32.9 Å². The Hall–Kier alpha value is -0.590. The predicted octanol–water partition coefficient (Wildman–Crippen LogP) is 1.71. The van der Waals surface area contributed by atoms with E-state index in [4.69, 9.17) is 4.74 Å². The van der Waals surface area contributed by atoms with Gasteiger partial charge in [0.25, 0.3) is 0 Å². The molecule has 0 aliphatic heterocycles. The van der Waals surface area contributed by atoms with Crippen molar-refractivity contribution in [3.63, 3.8) is 0 Å². The number of nitrogens with one attached hydrogen (secondary N) is 1. The van der Waals surface area contributed by atoms with Crippen LogP contribution in [-0.4, -0.2) is 39.3 Å². The second kappa shape index (κ2) is 7.67. The molecule has 0 aromatic carbocycles. The maximum Gasteiger partial charge on any atom is 0.522 e. The zero-order valence-corrected chi connectivity index (χ0v) is 8.69. The first-order chi connectivity index (χ1) is 6.92. The van der Waals surface area contributed by atoms with Gasteiger partial charge in [-0.05, 0) is 6.92 Å². The van der Waals surface area contributed by atoms with Crippen molar-refractivity contribution >= 4 is 0 Å². The Kier molecular flexibility index (Phi) is 7.37. The lowest BCUT2D eigenvalue weighted by Crippen LogP contribution is -2.27. The zero-order valence-electron chi connectivity index (χ0n) is 8.69. The Morgan fingerprint density at radius 3 is 2.40 bits per heavy atom. The monoisotopic (exact) mass is 227 g/mol. The van der Waals surface area contributed by atoms with Crippen molar-refractivity contribution < 1.29 is 22.6 Å². The molecule has 0 bridgehead atoms. The quantitative estimate of drug-likeness (QED) is 0.505. The fraction of sp³-hybridized carbons (Fsp3) is 0.778. The summed E-state index contributed by atoms with van der Waals surface area (Å²) in [6, 6.07) is 0. The van der Waals surface area contributed by atoms with Gasteiger partial charge in [0.1, 0.15) is 0 Å². The van der Waals surface area contributed by atoms with Crippen molar-refractivity contribution in [3.8, 4) is 0 Å². The number of hydrogen-bond donors (Lipinski definition) is 1. The molecule has 0 saturated carbocycles. The van der Waals surface area contributed by atoms with Gasteiger partial charge in [-0.3, -0.25) is 4.74 Å². The lowest BCUT2D eigenvalue weighted by molar-refractivity contribution is -0.323. The Morgan fingerprint density at radius 1 is 1.27 bits per heavy atom. The van der Waals surface area contributed by atoms with Crippen LogP contribution < -0.4 is 5.32 Å². The second-order valence-electron chi connectivity index (χ2n) is 3.05. The summed E-state index contributed by atoms with van der Waals surface area (Å²) in [7, 11) is 0. The van der Waals surface area contributed by atoms with Crippen LogP contribution in [0.1, 0.15) is 6.92 Å². The molecule has 0 aliphatic carbocycles. The van der Waals surface area contributed by atoms with Gasteiger partial charge in [-0.25, -0.2) is 0 Å². The number of rotatable bonds is 8. The Labute approximate surface area is 87.2 Å². The first kappa shape index (κ1) is 14.4. The highest BCUT2D eigenvalue weighted by atomic mass is 19.4. The molecule has 0 radical (unpaired) electrons. The molecule has 0 unspecified atom stereocenters.